The van der Waals surface area contributed by atoms with Crippen LogP contribution in [0.2, 0.25) is 0 Å². The Kier molecular flexibility index (Phi) is 4.65. The minimum absolute atomic E-state index is 0.0708. The Morgan fingerprint density at radius 2 is 2.15 bits per heavy atom. The van der Waals surface area contributed by atoms with Crippen molar-refractivity contribution < 1.29 is 14.7 Å². The standard InChI is InChI=1S/C13H9BrN2O3S/c14-10-3-1-9(20-10)2-4-12(17)16-11-7-8(13(18)19)5-6-15-11/h1-7H,(H,18,19)(H,15,16,17). The van der Waals surface area contributed by atoms with Gasteiger partial charge in [0.15, 0.2) is 0 Å². The molecule has 0 aliphatic rings. The molecule has 0 aliphatic carbocycles. The average molecular weight is 353 g/mol. The van der Waals surface area contributed by atoms with Crippen LogP contribution < -0.4 is 5.32 Å². The molecule has 0 saturated heterocycles. The summed E-state index contributed by atoms with van der Waals surface area (Å²) in [6.07, 6.45) is 4.37. The van der Waals surface area contributed by atoms with Crippen LogP contribution in [0.15, 0.2) is 40.3 Å². The molecule has 2 aromatic rings. The number of hydrogen-bond acceptors (Lipinski definition) is 4. The van der Waals surface area contributed by atoms with E-state index in [4.69, 9.17) is 5.11 Å². The number of rotatable bonds is 4. The van der Waals surface area contributed by atoms with Crippen LogP contribution in [0.1, 0.15) is 15.2 Å². The molecule has 2 aromatic heterocycles. The Hall–Kier alpha value is -1.99. The maximum absolute atomic E-state index is 11.7. The highest BCUT2D eigenvalue weighted by molar-refractivity contribution is 9.11. The minimum Gasteiger partial charge on any atom is -0.478 e. The van der Waals surface area contributed by atoms with Gasteiger partial charge >= 0.3 is 5.97 Å². The summed E-state index contributed by atoms with van der Waals surface area (Å²) in [5.74, 6) is -1.24. The normalized spacial score (nSPS) is 10.7. The van der Waals surface area contributed by atoms with Crippen LogP contribution in [-0.4, -0.2) is 22.0 Å². The number of thiophene rings is 1. The lowest BCUT2D eigenvalue weighted by molar-refractivity contribution is -0.111. The maximum atomic E-state index is 11.7. The van der Waals surface area contributed by atoms with Crippen molar-refractivity contribution in [3.05, 3.63) is 50.8 Å². The maximum Gasteiger partial charge on any atom is 0.335 e. The third kappa shape index (κ3) is 4.01. The molecule has 0 aliphatic heterocycles. The summed E-state index contributed by atoms with van der Waals surface area (Å²) in [7, 11) is 0. The first kappa shape index (κ1) is 14.4. The summed E-state index contributed by atoms with van der Waals surface area (Å²) in [6.45, 7) is 0. The number of anilines is 1. The van der Waals surface area contributed by atoms with E-state index in [1.54, 1.807) is 6.08 Å². The third-order valence-corrected chi connectivity index (χ3v) is 3.84. The molecule has 0 aromatic carbocycles. The van der Waals surface area contributed by atoms with Gasteiger partial charge in [0.2, 0.25) is 5.91 Å². The molecular weight excluding hydrogens is 344 g/mol. The van der Waals surface area contributed by atoms with E-state index in [1.165, 1.54) is 35.7 Å². The molecule has 5 nitrogen and oxygen atoms in total. The second kappa shape index (κ2) is 6.44. The summed E-state index contributed by atoms with van der Waals surface area (Å²) in [5, 5.41) is 11.3. The van der Waals surface area contributed by atoms with E-state index in [0.717, 1.165) is 8.66 Å². The molecule has 20 heavy (non-hydrogen) atoms. The molecule has 0 bridgehead atoms. The Labute approximate surface area is 127 Å². The van der Waals surface area contributed by atoms with Gasteiger partial charge in [0.25, 0.3) is 0 Å². The zero-order chi connectivity index (χ0) is 14.5. The summed E-state index contributed by atoms with van der Waals surface area (Å²) < 4.78 is 0.980. The third-order valence-electron chi connectivity index (χ3n) is 2.25. The number of nitrogens with zero attached hydrogens (tertiary/aromatic N) is 1. The van der Waals surface area contributed by atoms with Gasteiger partial charge in [-0.15, -0.1) is 11.3 Å². The predicted molar refractivity (Wildman–Crippen MR) is 80.9 cm³/mol. The van der Waals surface area contributed by atoms with Crippen molar-refractivity contribution >= 4 is 51.0 Å². The van der Waals surface area contributed by atoms with Crippen LogP contribution in [0.3, 0.4) is 0 Å². The molecule has 7 heteroatoms. The molecule has 1 amide bonds. The van der Waals surface area contributed by atoms with Crippen molar-refractivity contribution in [3.63, 3.8) is 0 Å². The first-order valence-corrected chi connectivity index (χ1v) is 7.09. The highest BCUT2D eigenvalue weighted by Gasteiger charge is 2.05. The quantitative estimate of drug-likeness (QED) is 0.827. The minimum atomic E-state index is -1.07. The molecule has 0 spiro atoms. The fraction of sp³-hybridized carbons (Fsp3) is 0. The molecule has 0 radical (unpaired) electrons. The highest BCUT2D eigenvalue weighted by Crippen LogP contribution is 2.22. The number of halogens is 1. The molecule has 0 unspecified atom stereocenters. The SMILES string of the molecule is O=C(C=Cc1ccc(Br)s1)Nc1cc(C(=O)O)ccn1. The summed E-state index contributed by atoms with van der Waals surface area (Å²) in [6, 6.07) is 6.43. The fourth-order valence-electron chi connectivity index (χ4n) is 1.38. The van der Waals surface area contributed by atoms with Gasteiger partial charge in [-0.05, 0) is 46.3 Å². The molecule has 2 rings (SSSR count). The number of hydrogen-bond donors (Lipinski definition) is 2. The highest BCUT2D eigenvalue weighted by atomic mass is 79.9. The Morgan fingerprint density at radius 3 is 2.80 bits per heavy atom. The number of aromatic nitrogens is 1. The number of carbonyl (C=O) groups excluding carboxylic acids is 1. The zero-order valence-electron chi connectivity index (χ0n) is 10.0. The monoisotopic (exact) mass is 352 g/mol. The van der Waals surface area contributed by atoms with E-state index in [2.05, 4.69) is 26.2 Å². The second-order valence-electron chi connectivity index (χ2n) is 3.70. The van der Waals surface area contributed by atoms with Crippen LogP contribution in [-0.2, 0) is 4.79 Å². The van der Waals surface area contributed by atoms with Gasteiger partial charge in [-0.25, -0.2) is 9.78 Å². The van der Waals surface area contributed by atoms with Gasteiger partial charge in [-0.3, -0.25) is 4.79 Å². The van der Waals surface area contributed by atoms with Crippen molar-refractivity contribution in [2.75, 3.05) is 5.32 Å². The number of aromatic carboxylic acids is 1. The van der Waals surface area contributed by atoms with E-state index >= 15 is 0 Å². The Balaban J connectivity index is 2.02. The van der Waals surface area contributed by atoms with E-state index in [1.807, 2.05) is 12.1 Å². The van der Waals surface area contributed by atoms with Crippen molar-refractivity contribution in [1.82, 2.24) is 4.98 Å². The predicted octanol–water partition coefficient (Wildman–Crippen LogP) is 3.26. The number of pyridine rings is 1. The van der Waals surface area contributed by atoms with Gasteiger partial charge in [-0.2, -0.15) is 0 Å². The van der Waals surface area contributed by atoms with Crippen LogP contribution in [0.25, 0.3) is 6.08 Å². The van der Waals surface area contributed by atoms with Gasteiger partial charge < -0.3 is 10.4 Å². The van der Waals surface area contributed by atoms with Gasteiger partial charge in [-0.1, -0.05) is 0 Å². The van der Waals surface area contributed by atoms with Gasteiger partial charge in [0, 0.05) is 17.2 Å². The first-order chi connectivity index (χ1) is 9.54. The molecule has 0 saturated carbocycles. The van der Waals surface area contributed by atoms with E-state index in [9.17, 15) is 9.59 Å². The van der Waals surface area contributed by atoms with Gasteiger partial charge in [0.05, 0.1) is 9.35 Å². The van der Waals surface area contributed by atoms with Gasteiger partial charge in [0.1, 0.15) is 5.82 Å². The number of nitrogens with one attached hydrogen (secondary N) is 1. The largest absolute Gasteiger partial charge is 0.478 e. The lowest BCUT2D eigenvalue weighted by Gasteiger charge is -2.01. The number of amides is 1. The topological polar surface area (TPSA) is 79.3 Å². The molecule has 2 N–H and O–H groups in total. The van der Waals surface area contributed by atoms with Crippen molar-refractivity contribution in [1.29, 1.82) is 0 Å². The summed E-state index contributed by atoms with van der Waals surface area (Å²) >= 11 is 4.83. The van der Waals surface area contributed by atoms with Crippen LogP contribution in [0, 0.1) is 0 Å². The lowest BCUT2D eigenvalue weighted by Crippen LogP contribution is -2.10. The second-order valence-corrected chi connectivity index (χ2v) is 6.19. The van der Waals surface area contributed by atoms with Crippen LogP contribution >= 0.6 is 27.3 Å². The molecular formula is C13H9BrN2O3S. The Bertz CT molecular complexity index is 682. The van der Waals surface area contributed by atoms with E-state index in [0.29, 0.717) is 0 Å². The van der Waals surface area contributed by atoms with Crippen molar-refractivity contribution in [3.8, 4) is 0 Å². The number of carboxylic acids is 1. The first-order valence-electron chi connectivity index (χ1n) is 5.48. The molecule has 0 atom stereocenters. The van der Waals surface area contributed by atoms with Crippen molar-refractivity contribution in [2.24, 2.45) is 0 Å². The molecule has 102 valence electrons. The van der Waals surface area contributed by atoms with Crippen LogP contribution in [0.4, 0.5) is 5.82 Å². The van der Waals surface area contributed by atoms with E-state index in [-0.39, 0.29) is 17.3 Å². The molecule has 0 fully saturated rings. The molecule has 2 heterocycles. The Morgan fingerprint density at radius 1 is 1.35 bits per heavy atom. The van der Waals surface area contributed by atoms with Crippen LogP contribution in [0.5, 0.6) is 0 Å². The fourth-order valence-corrected chi connectivity index (χ4v) is 2.70. The summed E-state index contributed by atoms with van der Waals surface area (Å²) in [5.41, 5.74) is 0.0708. The van der Waals surface area contributed by atoms with Crippen molar-refractivity contribution in [2.45, 2.75) is 0 Å². The lowest BCUT2D eigenvalue weighted by atomic mass is 10.2. The smallest absolute Gasteiger partial charge is 0.335 e. The van der Waals surface area contributed by atoms with E-state index < -0.39 is 5.97 Å². The zero-order valence-corrected chi connectivity index (χ0v) is 12.4. The number of carbonyl (C=O) groups is 2. The summed E-state index contributed by atoms with van der Waals surface area (Å²) in [4.78, 5) is 27.3. The number of carboxylic acid groups (broad SMARTS) is 1. The average Bonchev–Trinajstić information content (AvgIpc) is 2.82.